The van der Waals surface area contributed by atoms with Crippen molar-refractivity contribution >= 4 is 22.9 Å². The molecule has 1 N–H and O–H groups in total. The Balaban J connectivity index is 2.10. The number of carbonyl (C=O) groups excluding carboxylic acids is 1. The Kier molecular flexibility index (Phi) is 3.54. The van der Waals surface area contributed by atoms with Gasteiger partial charge < -0.3 is 5.32 Å². The maximum Gasteiger partial charge on any atom is 0.275 e. The molecular weight excluding hydrogens is 232 g/mol. The number of anilines is 1. The molecule has 0 aliphatic heterocycles. The molecule has 1 aromatic heterocycles. The molecule has 0 unspecified atom stereocenters. The van der Waals surface area contributed by atoms with Crippen LogP contribution in [0.3, 0.4) is 0 Å². The predicted octanol–water partition coefficient (Wildman–Crippen LogP) is 3.52. The number of benzene rings is 1. The Morgan fingerprint density at radius 2 is 2.00 bits per heavy atom. The number of carbonyl (C=O) groups is 1. The van der Waals surface area contributed by atoms with E-state index in [1.807, 2.05) is 30.3 Å². The first-order chi connectivity index (χ1) is 8.16. The second-order valence-corrected chi connectivity index (χ2v) is 4.94. The van der Waals surface area contributed by atoms with Gasteiger partial charge in [0.25, 0.3) is 5.91 Å². The molecule has 17 heavy (non-hydrogen) atoms. The van der Waals surface area contributed by atoms with Crippen LogP contribution in [-0.2, 0) is 0 Å². The van der Waals surface area contributed by atoms with Crippen molar-refractivity contribution in [2.45, 2.75) is 19.8 Å². The zero-order chi connectivity index (χ0) is 12.3. The average molecular weight is 246 g/mol. The molecule has 2 rings (SSSR count). The van der Waals surface area contributed by atoms with E-state index in [-0.39, 0.29) is 5.91 Å². The molecule has 0 aliphatic rings. The molecule has 0 atom stereocenters. The van der Waals surface area contributed by atoms with E-state index >= 15 is 0 Å². The van der Waals surface area contributed by atoms with Crippen molar-refractivity contribution in [1.29, 1.82) is 0 Å². The fourth-order valence-corrected chi connectivity index (χ4v) is 2.19. The Labute approximate surface area is 105 Å². The van der Waals surface area contributed by atoms with Gasteiger partial charge in [-0.1, -0.05) is 32.0 Å². The molecule has 0 saturated carbocycles. The normalized spacial score (nSPS) is 10.5. The Bertz CT molecular complexity index is 505. The van der Waals surface area contributed by atoms with Crippen LogP contribution < -0.4 is 5.32 Å². The Morgan fingerprint density at radius 3 is 2.59 bits per heavy atom. The molecule has 1 heterocycles. The number of nitrogens with one attached hydrogen (secondary N) is 1. The van der Waals surface area contributed by atoms with E-state index in [1.165, 1.54) is 11.3 Å². The monoisotopic (exact) mass is 246 g/mol. The van der Waals surface area contributed by atoms with Gasteiger partial charge in [-0.3, -0.25) is 4.79 Å². The third kappa shape index (κ3) is 2.91. The van der Waals surface area contributed by atoms with Crippen LogP contribution in [-0.4, -0.2) is 10.9 Å². The van der Waals surface area contributed by atoms with E-state index < -0.39 is 0 Å². The van der Waals surface area contributed by atoms with Crippen molar-refractivity contribution in [1.82, 2.24) is 4.98 Å². The quantitative estimate of drug-likeness (QED) is 0.900. The number of thiazole rings is 1. The molecule has 0 bridgehead atoms. The summed E-state index contributed by atoms with van der Waals surface area (Å²) in [6.45, 7) is 4.13. The molecule has 4 heteroatoms. The van der Waals surface area contributed by atoms with E-state index in [9.17, 15) is 4.79 Å². The Morgan fingerprint density at radius 1 is 1.29 bits per heavy atom. The van der Waals surface area contributed by atoms with Crippen molar-refractivity contribution in [2.24, 2.45) is 0 Å². The second kappa shape index (κ2) is 5.10. The van der Waals surface area contributed by atoms with Gasteiger partial charge in [0, 0.05) is 17.0 Å². The van der Waals surface area contributed by atoms with E-state index in [4.69, 9.17) is 0 Å². The lowest BCUT2D eigenvalue weighted by Gasteiger charge is -2.02. The minimum absolute atomic E-state index is 0.153. The summed E-state index contributed by atoms with van der Waals surface area (Å²) in [6.07, 6.45) is 0. The number of nitrogens with zero attached hydrogens (tertiary/aromatic N) is 1. The van der Waals surface area contributed by atoms with Gasteiger partial charge in [-0.25, -0.2) is 4.98 Å². The van der Waals surface area contributed by atoms with E-state index in [1.54, 1.807) is 5.38 Å². The van der Waals surface area contributed by atoms with Crippen LogP contribution in [0, 0.1) is 0 Å². The number of para-hydroxylation sites is 1. The SMILES string of the molecule is CC(C)c1nc(C(=O)Nc2ccccc2)cs1. The van der Waals surface area contributed by atoms with Gasteiger partial charge in [-0.05, 0) is 12.1 Å². The summed E-state index contributed by atoms with van der Waals surface area (Å²) in [5, 5.41) is 5.60. The van der Waals surface area contributed by atoms with Crippen LogP contribution in [0.1, 0.15) is 35.3 Å². The average Bonchev–Trinajstić information content (AvgIpc) is 2.79. The van der Waals surface area contributed by atoms with Crippen molar-refractivity contribution in [3.8, 4) is 0 Å². The molecule has 88 valence electrons. The van der Waals surface area contributed by atoms with Gasteiger partial charge in [0.05, 0.1) is 5.01 Å². The summed E-state index contributed by atoms with van der Waals surface area (Å²) in [7, 11) is 0. The van der Waals surface area contributed by atoms with Crippen LogP contribution >= 0.6 is 11.3 Å². The highest BCUT2D eigenvalue weighted by atomic mass is 32.1. The van der Waals surface area contributed by atoms with Gasteiger partial charge >= 0.3 is 0 Å². The molecule has 1 amide bonds. The smallest absolute Gasteiger partial charge is 0.275 e. The first kappa shape index (κ1) is 11.8. The maximum atomic E-state index is 11.9. The van der Waals surface area contributed by atoms with Gasteiger partial charge in [0.15, 0.2) is 0 Å². The first-order valence-corrected chi connectivity index (χ1v) is 6.36. The molecule has 1 aromatic carbocycles. The third-order valence-corrected chi connectivity index (χ3v) is 3.43. The zero-order valence-corrected chi connectivity index (χ0v) is 10.6. The fraction of sp³-hybridized carbons (Fsp3) is 0.231. The molecule has 0 radical (unpaired) electrons. The molecule has 0 spiro atoms. The van der Waals surface area contributed by atoms with Gasteiger partial charge in [-0.15, -0.1) is 11.3 Å². The minimum Gasteiger partial charge on any atom is -0.321 e. The van der Waals surface area contributed by atoms with E-state index in [0.29, 0.717) is 11.6 Å². The highest BCUT2D eigenvalue weighted by Crippen LogP contribution is 2.19. The number of hydrogen-bond acceptors (Lipinski definition) is 3. The summed E-state index contributed by atoms with van der Waals surface area (Å²) in [6, 6.07) is 9.39. The molecule has 0 aliphatic carbocycles. The summed E-state index contributed by atoms with van der Waals surface area (Å²) >= 11 is 1.52. The van der Waals surface area contributed by atoms with Gasteiger partial charge in [0.2, 0.25) is 0 Å². The van der Waals surface area contributed by atoms with E-state index in [0.717, 1.165) is 10.7 Å². The zero-order valence-electron chi connectivity index (χ0n) is 9.81. The van der Waals surface area contributed by atoms with Crippen molar-refractivity contribution in [3.05, 3.63) is 46.4 Å². The van der Waals surface area contributed by atoms with Crippen LogP contribution in [0.25, 0.3) is 0 Å². The number of rotatable bonds is 3. The largest absolute Gasteiger partial charge is 0.321 e. The van der Waals surface area contributed by atoms with Crippen molar-refractivity contribution in [2.75, 3.05) is 5.32 Å². The summed E-state index contributed by atoms with van der Waals surface area (Å²) in [4.78, 5) is 16.2. The standard InChI is InChI=1S/C13H14N2OS/c1-9(2)13-15-11(8-17-13)12(16)14-10-6-4-3-5-7-10/h3-9H,1-2H3,(H,14,16). The minimum atomic E-state index is -0.153. The molecule has 0 fully saturated rings. The van der Waals surface area contributed by atoms with E-state index in [2.05, 4.69) is 24.1 Å². The van der Waals surface area contributed by atoms with Crippen LogP contribution in [0.2, 0.25) is 0 Å². The number of hydrogen-bond donors (Lipinski definition) is 1. The highest BCUT2D eigenvalue weighted by Gasteiger charge is 2.12. The van der Waals surface area contributed by atoms with Gasteiger partial charge in [0.1, 0.15) is 5.69 Å². The second-order valence-electron chi connectivity index (χ2n) is 4.05. The van der Waals surface area contributed by atoms with Crippen molar-refractivity contribution in [3.63, 3.8) is 0 Å². The summed E-state index contributed by atoms with van der Waals surface area (Å²) < 4.78 is 0. The predicted molar refractivity (Wildman–Crippen MR) is 70.6 cm³/mol. The van der Waals surface area contributed by atoms with Crippen LogP contribution in [0.4, 0.5) is 5.69 Å². The topological polar surface area (TPSA) is 42.0 Å². The van der Waals surface area contributed by atoms with Gasteiger partial charge in [-0.2, -0.15) is 0 Å². The third-order valence-electron chi connectivity index (χ3n) is 2.28. The molecule has 2 aromatic rings. The summed E-state index contributed by atoms with van der Waals surface area (Å²) in [5.41, 5.74) is 1.28. The summed E-state index contributed by atoms with van der Waals surface area (Å²) in [5.74, 6) is 0.206. The Hall–Kier alpha value is -1.68. The lowest BCUT2D eigenvalue weighted by atomic mass is 10.2. The maximum absolute atomic E-state index is 11.9. The van der Waals surface area contributed by atoms with Crippen LogP contribution in [0.15, 0.2) is 35.7 Å². The molecule has 0 saturated heterocycles. The van der Waals surface area contributed by atoms with Crippen molar-refractivity contribution < 1.29 is 4.79 Å². The molecular formula is C13H14N2OS. The number of aromatic nitrogens is 1. The molecule has 3 nitrogen and oxygen atoms in total. The number of amides is 1. The lowest BCUT2D eigenvalue weighted by Crippen LogP contribution is -2.12. The van der Waals surface area contributed by atoms with Crippen LogP contribution in [0.5, 0.6) is 0 Å². The fourth-order valence-electron chi connectivity index (χ4n) is 1.37. The first-order valence-electron chi connectivity index (χ1n) is 5.48. The lowest BCUT2D eigenvalue weighted by molar-refractivity contribution is 0.102. The highest BCUT2D eigenvalue weighted by molar-refractivity contribution is 7.09.